The van der Waals surface area contributed by atoms with Gasteiger partial charge in [-0.3, -0.25) is 4.57 Å². The Balaban J connectivity index is 1.67. The van der Waals surface area contributed by atoms with E-state index in [0.717, 1.165) is 18.5 Å². The van der Waals surface area contributed by atoms with Crippen LogP contribution in [0.25, 0.3) is 10.4 Å². The van der Waals surface area contributed by atoms with Gasteiger partial charge in [-0.2, -0.15) is 4.98 Å². The van der Waals surface area contributed by atoms with Gasteiger partial charge in [0, 0.05) is 35.7 Å². The predicted molar refractivity (Wildman–Crippen MR) is 127 cm³/mol. The minimum absolute atomic E-state index is 0.151. The Morgan fingerprint density at radius 2 is 1.88 bits per heavy atom. The number of aryl methyl sites for hydroxylation is 1. The SMILES string of the molecule is CCCCCCCCCCCCNNc1nc(=O)n([C@H]2C[C@H](N)[C@@H](CN=[N+]=[N-])O2)cc1C. The molecule has 1 saturated heterocycles. The Labute approximate surface area is 190 Å². The summed E-state index contributed by atoms with van der Waals surface area (Å²) in [5.74, 6) is 0.520. The van der Waals surface area contributed by atoms with Crippen molar-refractivity contribution in [3.63, 3.8) is 0 Å². The number of hydrogen-bond donors (Lipinski definition) is 3. The van der Waals surface area contributed by atoms with Crippen LogP contribution in [0.2, 0.25) is 0 Å². The molecule has 1 aliphatic rings. The highest BCUT2D eigenvalue weighted by Gasteiger charge is 2.34. The minimum Gasteiger partial charge on any atom is -0.353 e. The van der Waals surface area contributed by atoms with Crippen LogP contribution in [0.4, 0.5) is 5.82 Å². The molecule has 10 heteroatoms. The monoisotopic (exact) mass is 448 g/mol. The number of nitrogens with zero attached hydrogens (tertiary/aromatic N) is 5. The van der Waals surface area contributed by atoms with Crippen molar-refractivity contribution in [1.82, 2.24) is 15.0 Å². The molecule has 0 aromatic carbocycles. The molecule has 0 bridgehead atoms. The van der Waals surface area contributed by atoms with E-state index in [0.29, 0.717) is 12.2 Å². The van der Waals surface area contributed by atoms with Crippen LogP contribution in [-0.4, -0.2) is 34.8 Å². The normalized spacial score (nSPS) is 20.3. The van der Waals surface area contributed by atoms with E-state index in [1.54, 1.807) is 6.20 Å². The lowest BCUT2D eigenvalue weighted by Gasteiger charge is -2.17. The summed E-state index contributed by atoms with van der Waals surface area (Å²) < 4.78 is 7.27. The second-order valence-electron chi connectivity index (χ2n) is 8.64. The molecule has 0 radical (unpaired) electrons. The molecule has 2 rings (SSSR count). The lowest BCUT2D eigenvalue weighted by Crippen LogP contribution is -2.32. The smallest absolute Gasteiger partial charge is 0.351 e. The Kier molecular flexibility index (Phi) is 12.1. The topological polar surface area (TPSA) is 143 Å². The number of anilines is 1. The maximum atomic E-state index is 12.5. The number of rotatable bonds is 16. The summed E-state index contributed by atoms with van der Waals surface area (Å²) in [5, 5.41) is 3.52. The van der Waals surface area contributed by atoms with Gasteiger partial charge in [0.1, 0.15) is 12.0 Å². The molecule has 1 aromatic rings. The molecule has 0 saturated carbocycles. The van der Waals surface area contributed by atoms with Crippen molar-refractivity contribution in [1.29, 1.82) is 0 Å². The van der Waals surface area contributed by atoms with Gasteiger partial charge in [-0.15, -0.1) is 0 Å². The Hall–Kier alpha value is -2.13. The van der Waals surface area contributed by atoms with Crippen molar-refractivity contribution >= 4 is 5.82 Å². The summed E-state index contributed by atoms with van der Waals surface area (Å²) in [6.45, 7) is 5.11. The summed E-state index contributed by atoms with van der Waals surface area (Å²) >= 11 is 0. The van der Waals surface area contributed by atoms with Gasteiger partial charge < -0.3 is 15.9 Å². The summed E-state index contributed by atoms with van der Waals surface area (Å²) in [6.07, 6.45) is 14.3. The number of hydrazine groups is 1. The van der Waals surface area contributed by atoms with E-state index in [1.807, 2.05) is 6.92 Å². The van der Waals surface area contributed by atoms with Gasteiger partial charge in [-0.05, 0) is 18.9 Å². The summed E-state index contributed by atoms with van der Waals surface area (Å²) in [4.78, 5) is 19.4. The van der Waals surface area contributed by atoms with E-state index < -0.39 is 18.0 Å². The van der Waals surface area contributed by atoms with Gasteiger partial charge in [0.2, 0.25) is 0 Å². The van der Waals surface area contributed by atoms with Crippen LogP contribution in [-0.2, 0) is 4.74 Å². The number of nitrogens with one attached hydrogen (secondary N) is 2. The summed E-state index contributed by atoms with van der Waals surface area (Å²) in [5.41, 5.74) is 21.2. The molecule has 4 N–H and O–H groups in total. The van der Waals surface area contributed by atoms with Crippen LogP contribution in [0.5, 0.6) is 0 Å². The lowest BCUT2D eigenvalue weighted by atomic mass is 10.1. The van der Waals surface area contributed by atoms with E-state index >= 15 is 0 Å². The minimum atomic E-state index is -0.503. The molecule has 0 spiro atoms. The zero-order valence-corrected chi connectivity index (χ0v) is 19.6. The zero-order valence-electron chi connectivity index (χ0n) is 19.6. The van der Waals surface area contributed by atoms with Gasteiger partial charge in [-0.25, -0.2) is 10.2 Å². The summed E-state index contributed by atoms with van der Waals surface area (Å²) in [6, 6.07) is -0.293. The molecule has 2 heterocycles. The van der Waals surface area contributed by atoms with Crippen molar-refractivity contribution in [2.75, 3.05) is 18.5 Å². The number of ether oxygens (including phenoxy) is 1. The molecule has 0 unspecified atom stereocenters. The van der Waals surface area contributed by atoms with Crippen molar-refractivity contribution in [2.24, 2.45) is 10.8 Å². The quantitative estimate of drug-likeness (QED) is 0.113. The van der Waals surface area contributed by atoms with Gasteiger partial charge in [-0.1, -0.05) is 69.8 Å². The van der Waals surface area contributed by atoms with Crippen LogP contribution < -0.4 is 22.3 Å². The molecular formula is C22H40N8O2. The molecule has 0 aliphatic carbocycles. The van der Waals surface area contributed by atoms with Crippen LogP contribution >= 0.6 is 0 Å². The lowest BCUT2D eigenvalue weighted by molar-refractivity contribution is 0.00174. The van der Waals surface area contributed by atoms with Crippen molar-refractivity contribution in [2.45, 2.75) is 103 Å². The third-order valence-electron chi connectivity index (χ3n) is 5.92. The molecular weight excluding hydrogens is 408 g/mol. The number of unbranched alkanes of at least 4 members (excludes halogenated alkanes) is 9. The van der Waals surface area contributed by atoms with Crippen molar-refractivity contribution < 1.29 is 4.74 Å². The fraction of sp³-hybridized carbons (Fsp3) is 0.818. The van der Waals surface area contributed by atoms with Crippen LogP contribution in [0.15, 0.2) is 16.1 Å². The van der Waals surface area contributed by atoms with E-state index in [1.165, 1.54) is 62.4 Å². The van der Waals surface area contributed by atoms with E-state index in [2.05, 4.69) is 32.8 Å². The number of hydrogen-bond acceptors (Lipinski definition) is 7. The molecule has 3 atom stereocenters. The molecule has 1 aromatic heterocycles. The average molecular weight is 449 g/mol. The van der Waals surface area contributed by atoms with Crippen molar-refractivity contribution in [3.05, 3.63) is 32.7 Å². The highest BCUT2D eigenvalue weighted by molar-refractivity contribution is 5.40. The van der Waals surface area contributed by atoms with Crippen LogP contribution in [0.3, 0.4) is 0 Å². The fourth-order valence-electron chi connectivity index (χ4n) is 3.96. The zero-order chi connectivity index (χ0) is 23.2. The van der Waals surface area contributed by atoms with Gasteiger partial charge >= 0.3 is 5.69 Å². The van der Waals surface area contributed by atoms with E-state index in [4.69, 9.17) is 16.0 Å². The van der Waals surface area contributed by atoms with Gasteiger partial charge in [0.05, 0.1) is 12.6 Å². The largest absolute Gasteiger partial charge is 0.353 e. The first-order valence-corrected chi connectivity index (χ1v) is 12.1. The van der Waals surface area contributed by atoms with Crippen molar-refractivity contribution in [3.8, 4) is 0 Å². The number of nitrogens with two attached hydrogens (primary N) is 1. The Morgan fingerprint density at radius 1 is 1.22 bits per heavy atom. The fourth-order valence-corrected chi connectivity index (χ4v) is 3.96. The van der Waals surface area contributed by atoms with Crippen LogP contribution in [0.1, 0.15) is 89.3 Å². The average Bonchev–Trinajstić information content (AvgIpc) is 3.15. The molecule has 1 aliphatic heterocycles. The highest BCUT2D eigenvalue weighted by atomic mass is 16.5. The molecule has 1 fully saturated rings. The van der Waals surface area contributed by atoms with E-state index in [9.17, 15) is 4.79 Å². The first-order valence-electron chi connectivity index (χ1n) is 12.1. The maximum Gasteiger partial charge on any atom is 0.351 e. The number of azide groups is 1. The second-order valence-corrected chi connectivity index (χ2v) is 8.64. The number of aromatic nitrogens is 2. The second kappa shape index (κ2) is 14.8. The molecule has 180 valence electrons. The maximum absolute atomic E-state index is 12.5. The highest BCUT2D eigenvalue weighted by Crippen LogP contribution is 2.27. The molecule has 0 amide bonds. The Morgan fingerprint density at radius 3 is 2.53 bits per heavy atom. The molecule has 32 heavy (non-hydrogen) atoms. The Bertz CT molecular complexity index is 778. The summed E-state index contributed by atoms with van der Waals surface area (Å²) in [7, 11) is 0. The standard InChI is InChI=1S/C22H40N8O2/c1-3-4-5-6-7-8-9-10-11-12-13-25-28-21-17(2)16-30(22(31)27-21)20-14-18(23)19(32-20)15-26-29-24/h16,18-20,25H,3-15,23H2,1-2H3,(H,27,28,31)/t18-,19+,20+/m0/s1. The van der Waals surface area contributed by atoms with Gasteiger partial charge in [0.15, 0.2) is 0 Å². The first-order chi connectivity index (χ1) is 15.6. The third kappa shape index (κ3) is 8.78. The first kappa shape index (κ1) is 26.1. The van der Waals surface area contributed by atoms with Crippen LogP contribution in [0, 0.1) is 6.92 Å². The third-order valence-corrected chi connectivity index (χ3v) is 5.92. The predicted octanol–water partition coefficient (Wildman–Crippen LogP) is 4.31. The van der Waals surface area contributed by atoms with E-state index in [-0.39, 0.29) is 12.6 Å². The molecule has 10 nitrogen and oxygen atoms in total. The van der Waals surface area contributed by atoms with Gasteiger partial charge in [0.25, 0.3) is 0 Å².